The number of terminal acetylenes is 1. The number of rotatable bonds is 5. The molecule has 0 heterocycles. The van der Waals surface area contributed by atoms with Crippen molar-refractivity contribution < 1.29 is 12.8 Å². The molecule has 0 saturated heterocycles. The molecule has 0 aliphatic carbocycles. The molecule has 0 saturated carbocycles. The molecular formula is C13H17FN2O2S. The minimum absolute atomic E-state index is 0.0939. The molecule has 0 radical (unpaired) electrons. The second-order valence-corrected chi connectivity index (χ2v) is 6.09. The zero-order valence-electron chi connectivity index (χ0n) is 11.0. The maximum Gasteiger partial charge on any atom is 0.246 e. The molecule has 4 nitrogen and oxygen atoms in total. The summed E-state index contributed by atoms with van der Waals surface area (Å²) in [5.41, 5.74) is 6.37. The molecule has 0 aromatic heterocycles. The lowest BCUT2D eigenvalue weighted by Gasteiger charge is -2.20. The van der Waals surface area contributed by atoms with Crippen molar-refractivity contribution in [2.45, 2.75) is 25.2 Å². The van der Waals surface area contributed by atoms with Crippen molar-refractivity contribution in [3.63, 3.8) is 0 Å². The van der Waals surface area contributed by atoms with Crippen LogP contribution in [0.25, 0.3) is 0 Å². The second kappa shape index (κ2) is 6.04. The van der Waals surface area contributed by atoms with Gasteiger partial charge in [0, 0.05) is 12.2 Å². The van der Waals surface area contributed by atoms with E-state index in [0.717, 1.165) is 16.4 Å². The minimum Gasteiger partial charge on any atom is -0.398 e. The molecule has 0 bridgehead atoms. The summed E-state index contributed by atoms with van der Waals surface area (Å²) in [6.07, 6.45) is 5.74. The number of nitrogen functional groups attached to an aromatic ring is 1. The van der Waals surface area contributed by atoms with Gasteiger partial charge >= 0.3 is 0 Å². The van der Waals surface area contributed by atoms with Crippen LogP contribution in [-0.2, 0) is 10.0 Å². The lowest BCUT2D eigenvalue weighted by Crippen LogP contribution is -2.32. The van der Waals surface area contributed by atoms with Crippen LogP contribution >= 0.6 is 0 Å². The van der Waals surface area contributed by atoms with Gasteiger partial charge in [0.05, 0.1) is 6.54 Å². The average molecular weight is 284 g/mol. The number of nitrogens with zero attached hydrogens (tertiary/aromatic N) is 1. The fourth-order valence-electron chi connectivity index (χ4n) is 1.64. The molecule has 0 amide bonds. The highest BCUT2D eigenvalue weighted by Crippen LogP contribution is 2.24. The first kappa shape index (κ1) is 15.5. The zero-order chi connectivity index (χ0) is 14.6. The predicted octanol–water partition coefficient (Wildman–Crippen LogP) is 1.75. The largest absolute Gasteiger partial charge is 0.398 e. The average Bonchev–Trinajstić information content (AvgIpc) is 2.33. The summed E-state index contributed by atoms with van der Waals surface area (Å²) >= 11 is 0. The molecular weight excluding hydrogens is 267 g/mol. The van der Waals surface area contributed by atoms with E-state index in [1.807, 2.05) is 6.92 Å². The summed E-state index contributed by atoms with van der Waals surface area (Å²) in [5.74, 6) is 1.45. The lowest BCUT2D eigenvalue weighted by molar-refractivity contribution is 0.440. The van der Waals surface area contributed by atoms with Crippen LogP contribution in [0.5, 0.6) is 0 Å². The Hall–Kier alpha value is -1.58. The van der Waals surface area contributed by atoms with Crippen molar-refractivity contribution in [3.05, 3.63) is 23.5 Å². The van der Waals surface area contributed by atoms with Crippen LogP contribution in [0.3, 0.4) is 0 Å². The summed E-state index contributed by atoms with van der Waals surface area (Å²) in [4.78, 5) is -0.431. The molecule has 0 fully saturated rings. The third kappa shape index (κ3) is 3.25. The summed E-state index contributed by atoms with van der Waals surface area (Å²) < 4.78 is 39.6. The van der Waals surface area contributed by atoms with Crippen LogP contribution in [0.4, 0.5) is 10.1 Å². The number of nitrogens with two attached hydrogens (primary N) is 1. The van der Waals surface area contributed by atoms with E-state index < -0.39 is 20.7 Å². The van der Waals surface area contributed by atoms with Gasteiger partial charge in [0.15, 0.2) is 0 Å². The molecule has 0 unspecified atom stereocenters. The van der Waals surface area contributed by atoms with Crippen molar-refractivity contribution >= 4 is 15.7 Å². The lowest BCUT2D eigenvalue weighted by atomic mass is 10.2. The normalized spacial score (nSPS) is 11.5. The first-order valence-electron chi connectivity index (χ1n) is 5.83. The number of halogens is 1. The van der Waals surface area contributed by atoms with Crippen molar-refractivity contribution in [2.75, 3.05) is 18.8 Å². The van der Waals surface area contributed by atoms with Crippen molar-refractivity contribution in [1.82, 2.24) is 4.31 Å². The van der Waals surface area contributed by atoms with E-state index in [1.54, 1.807) is 6.92 Å². The van der Waals surface area contributed by atoms with E-state index in [2.05, 4.69) is 5.92 Å². The SMILES string of the molecule is C#CCN(CCC)S(=O)(=O)c1cc(N)c(C)cc1F. The van der Waals surface area contributed by atoms with E-state index in [9.17, 15) is 12.8 Å². The van der Waals surface area contributed by atoms with Gasteiger partial charge in [-0.25, -0.2) is 12.8 Å². The van der Waals surface area contributed by atoms with Gasteiger partial charge in [0.2, 0.25) is 10.0 Å². The Balaban J connectivity index is 3.33. The summed E-state index contributed by atoms with van der Waals surface area (Å²) in [5, 5.41) is 0. The predicted molar refractivity (Wildman–Crippen MR) is 73.4 cm³/mol. The Labute approximate surface area is 113 Å². The van der Waals surface area contributed by atoms with Gasteiger partial charge in [-0.2, -0.15) is 4.31 Å². The maximum absolute atomic E-state index is 13.9. The Bertz CT molecular complexity index is 606. The van der Waals surface area contributed by atoms with Crippen molar-refractivity contribution in [2.24, 2.45) is 0 Å². The Morgan fingerprint density at radius 2 is 2.11 bits per heavy atom. The van der Waals surface area contributed by atoms with Gasteiger partial charge in [-0.3, -0.25) is 0 Å². The van der Waals surface area contributed by atoms with Gasteiger partial charge in [0.25, 0.3) is 0 Å². The van der Waals surface area contributed by atoms with Gasteiger partial charge in [-0.15, -0.1) is 6.42 Å². The molecule has 0 atom stereocenters. The van der Waals surface area contributed by atoms with E-state index >= 15 is 0 Å². The molecule has 104 valence electrons. The Morgan fingerprint density at radius 1 is 1.47 bits per heavy atom. The summed E-state index contributed by atoms with van der Waals surface area (Å²) in [7, 11) is -3.96. The van der Waals surface area contributed by atoms with Crippen LogP contribution in [0.1, 0.15) is 18.9 Å². The summed E-state index contributed by atoms with van der Waals surface area (Å²) in [6.45, 7) is 3.57. The van der Waals surface area contributed by atoms with Crippen LogP contribution in [0, 0.1) is 25.1 Å². The molecule has 1 aromatic rings. The van der Waals surface area contributed by atoms with E-state index in [4.69, 9.17) is 12.2 Å². The summed E-state index contributed by atoms with van der Waals surface area (Å²) in [6, 6.07) is 2.25. The maximum atomic E-state index is 13.9. The fraction of sp³-hybridized carbons (Fsp3) is 0.385. The molecule has 2 N–H and O–H groups in total. The van der Waals surface area contributed by atoms with Gasteiger partial charge in [-0.05, 0) is 31.0 Å². The molecule has 6 heteroatoms. The monoisotopic (exact) mass is 284 g/mol. The zero-order valence-corrected chi connectivity index (χ0v) is 11.8. The standard InChI is InChI=1S/C13H17FN2O2S/c1-4-6-16(7-5-2)19(17,18)13-9-12(15)10(3)8-11(13)14/h1,8-9H,5-7,15H2,2-3H3. The number of anilines is 1. The Morgan fingerprint density at radius 3 is 2.63 bits per heavy atom. The van der Waals surface area contributed by atoms with Crippen molar-refractivity contribution in [3.8, 4) is 12.3 Å². The first-order valence-corrected chi connectivity index (χ1v) is 7.27. The number of sulfonamides is 1. The fourth-order valence-corrected chi connectivity index (χ4v) is 3.17. The molecule has 0 spiro atoms. The Kier molecular flexibility index (Phi) is 4.92. The second-order valence-electron chi connectivity index (χ2n) is 4.18. The highest BCUT2D eigenvalue weighted by atomic mass is 32.2. The smallest absolute Gasteiger partial charge is 0.246 e. The number of benzene rings is 1. The number of hydrogen-bond donors (Lipinski definition) is 1. The van der Waals surface area contributed by atoms with Gasteiger partial charge in [-0.1, -0.05) is 12.8 Å². The number of aryl methyl sites for hydroxylation is 1. The third-order valence-corrected chi connectivity index (χ3v) is 4.54. The van der Waals surface area contributed by atoms with Crippen LogP contribution < -0.4 is 5.73 Å². The van der Waals surface area contributed by atoms with Crippen molar-refractivity contribution in [1.29, 1.82) is 0 Å². The topological polar surface area (TPSA) is 63.4 Å². The first-order chi connectivity index (χ1) is 8.84. The highest BCUT2D eigenvalue weighted by Gasteiger charge is 2.27. The van der Waals surface area contributed by atoms with Crippen LogP contribution in [-0.4, -0.2) is 25.8 Å². The third-order valence-electron chi connectivity index (χ3n) is 2.68. The molecule has 19 heavy (non-hydrogen) atoms. The highest BCUT2D eigenvalue weighted by molar-refractivity contribution is 7.89. The molecule has 0 aliphatic rings. The quantitative estimate of drug-likeness (QED) is 0.662. The van der Waals surface area contributed by atoms with E-state index in [0.29, 0.717) is 12.0 Å². The van der Waals surface area contributed by atoms with Crippen LogP contribution in [0.2, 0.25) is 0 Å². The minimum atomic E-state index is -3.96. The van der Waals surface area contributed by atoms with Gasteiger partial charge in [0.1, 0.15) is 10.7 Å². The molecule has 1 rings (SSSR count). The molecule has 1 aromatic carbocycles. The molecule has 0 aliphatic heterocycles. The number of hydrogen-bond acceptors (Lipinski definition) is 3. The van der Waals surface area contributed by atoms with E-state index in [-0.39, 0.29) is 18.8 Å². The van der Waals surface area contributed by atoms with E-state index in [1.165, 1.54) is 0 Å². The van der Waals surface area contributed by atoms with Gasteiger partial charge < -0.3 is 5.73 Å². The van der Waals surface area contributed by atoms with Crippen LogP contribution in [0.15, 0.2) is 17.0 Å².